The number of hydrogen-bond donors (Lipinski definition) is 0. The van der Waals surface area contributed by atoms with Crippen LogP contribution in [-0.4, -0.2) is 14.5 Å². The number of para-hydroxylation sites is 3. The Labute approximate surface area is 148 Å². The molecular formula is C22H13N3O. The Morgan fingerprint density at radius 3 is 2.00 bits per heavy atom. The maximum Gasteiger partial charge on any atom is 0.197 e. The molecule has 0 saturated carbocycles. The maximum atomic E-state index is 6.16. The minimum atomic E-state index is 0.709. The molecule has 0 amide bonds. The standard InChI is InChI=1S/C22H13N3O/c1-4-10-17-14(7-1)15-8-2-5-11-18(15)25(17)22-21-20(23-13-24-22)16-9-3-6-12-19(16)26-21/h1-13H. The fraction of sp³-hybridized carbons (Fsp3) is 0. The van der Waals surface area contributed by atoms with E-state index < -0.39 is 0 Å². The van der Waals surface area contributed by atoms with Gasteiger partial charge in [-0.15, -0.1) is 0 Å². The van der Waals surface area contributed by atoms with Crippen LogP contribution in [0.1, 0.15) is 0 Å². The molecule has 4 nitrogen and oxygen atoms in total. The molecule has 0 atom stereocenters. The molecule has 0 saturated heterocycles. The summed E-state index contributed by atoms with van der Waals surface area (Å²) in [7, 11) is 0. The molecule has 0 bridgehead atoms. The molecular weight excluding hydrogens is 322 g/mol. The van der Waals surface area contributed by atoms with Gasteiger partial charge in [-0.25, -0.2) is 9.97 Å². The second-order valence-electron chi connectivity index (χ2n) is 6.34. The predicted octanol–water partition coefficient (Wildman–Crippen LogP) is 5.47. The average molecular weight is 335 g/mol. The van der Waals surface area contributed by atoms with Gasteiger partial charge in [0.05, 0.1) is 11.0 Å². The normalized spacial score (nSPS) is 11.8. The third-order valence-electron chi connectivity index (χ3n) is 4.93. The summed E-state index contributed by atoms with van der Waals surface area (Å²) in [6.45, 7) is 0. The van der Waals surface area contributed by atoms with Crippen molar-refractivity contribution in [3.8, 4) is 5.82 Å². The Morgan fingerprint density at radius 1 is 0.654 bits per heavy atom. The summed E-state index contributed by atoms with van der Waals surface area (Å²) in [5.74, 6) is 0.767. The largest absolute Gasteiger partial charge is 0.450 e. The molecule has 0 aliphatic rings. The van der Waals surface area contributed by atoms with Gasteiger partial charge >= 0.3 is 0 Å². The minimum Gasteiger partial charge on any atom is -0.450 e. The summed E-state index contributed by atoms with van der Waals surface area (Å²) in [5.41, 5.74) is 4.58. The first-order valence-corrected chi connectivity index (χ1v) is 8.52. The van der Waals surface area contributed by atoms with Crippen LogP contribution in [0, 0.1) is 0 Å². The predicted molar refractivity (Wildman–Crippen MR) is 104 cm³/mol. The SMILES string of the molecule is c1ccc2c(c1)oc1c(-n3c4ccccc4c4ccccc43)ncnc12. The van der Waals surface area contributed by atoms with Crippen molar-refractivity contribution in [2.45, 2.75) is 0 Å². The van der Waals surface area contributed by atoms with E-state index >= 15 is 0 Å². The van der Waals surface area contributed by atoms with E-state index in [0.29, 0.717) is 5.58 Å². The Morgan fingerprint density at radius 2 is 1.27 bits per heavy atom. The van der Waals surface area contributed by atoms with Crippen LogP contribution in [0.3, 0.4) is 0 Å². The van der Waals surface area contributed by atoms with E-state index in [0.717, 1.165) is 33.3 Å². The smallest absolute Gasteiger partial charge is 0.197 e. The van der Waals surface area contributed by atoms with Gasteiger partial charge in [-0.05, 0) is 24.3 Å². The monoisotopic (exact) mass is 335 g/mol. The van der Waals surface area contributed by atoms with Crippen LogP contribution >= 0.6 is 0 Å². The zero-order valence-corrected chi connectivity index (χ0v) is 13.8. The molecule has 4 heteroatoms. The molecule has 0 aliphatic carbocycles. The van der Waals surface area contributed by atoms with Crippen LogP contribution in [0.4, 0.5) is 0 Å². The number of benzene rings is 3. The Bertz CT molecular complexity index is 1390. The highest BCUT2D eigenvalue weighted by Crippen LogP contribution is 2.35. The lowest BCUT2D eigenvalue weighted by molar-refractivity contribution is 0.662. The third kappa shape index (κ3) is 1.68. The molecule has 3 aromatic carbocycles. The summed E-state index contributed by atoms with van der Waals surface area (Å²) in [6.07, 6.45) is 1.61. The topological polar surface area (TPSA) is 43.9 Å². The number of nitrogens with zero attached hydrogens (tertiary/aromatic N) is 3. The van der Waals surface area contributed by atoms with Crippen molar-refractivity contribution in [3.05, 3.63) is 79.1 Å². The Balaban J connectivity index is 1.84. The first-order chi connectivity index (χ1) is 12.9. The van der Waals surface area contributed by atoms with Gasteiger partial charge in [0.15, 0.2) is 11.4 Å². The summed E-state index contributed by atoms with van der Waals surface area (Å²) in [4.78, 5) is 9.08. The summed E-state index contributed by atoms with van der Waals surface area (Å²) >= 11 is 0. The number of hydrogen-bond acceptors (Lipinski definition) is 3. The van der Waals surface area contributed by atoms with Gasteiger partial charge in [-0.2, -0.15) is 0 Å². The average Bonchev–Trinajstić information content (AvgIpc) is 3.24. The van der Waals surface area contributed by atoms with Crippen molar-refractivity contribution in [3.63, 3.8) is 0 Å². The van der Waals surface area contributed by atoms with Gasteiger partial charge < -0.3 is 4.42 Å². The highest BCUT2D eigenvalue weighted by Gasteiger charge is 2.18. The second kappa shape index (κ2) is 4.92. The molecule has 3 aromatic heterocycles. The summed E-state index contributed by atoms with van der Waals surface area (Å²) in [6, 6.07) is 24.7. The molecule has 0 aliphatic heterocycles. The van der Waals surface area contributed by atoms with E-state index in [2.05, 4.69) is 63.1 Å². The first-order valence-electron chi connectivity index (χ1n) is 8.52. The zero-order chi connectivity index (χ0) is 17.1. The number of rotatable bonds is 1. The van der Waals surface area contributed by atoms with E-state index in [9.17, 15) is 0 Å². The molecule has 26 heavy (non-hydrogen) atoms. The van der Waals surface area contributed by atoms with E-state index in [1.165, 1.54) is 10.8 Å². The maximum absolute atomic E-state index is 6.16. The van der Waals surface area contributed by atoms with Crippen molar-refractivity contribution in [1.82, 2.24) is 14.5 Å². The first kappa shape index (κ1) is 13.6. The zero-order valence-electron chi connectivity index (χ0n) is 13.8. The van der Waals surface area contributed by atoms with Crippen molar-refractivity contribution >= 4 is 43.9 Å². The quantitative estimate of drug-likeness (QED) is 0.400. The fourth-order valence-corrected chi connectivity index (χ4v) is 3.82. The van der Waals surface area contributed by atoms with E-state index in [4.69, 9.17) is 4.42 Å². The van der Waals surface area contributed by atoms with Gasteiger partial charge in [0.25, 0.3) is 0 Å². The van der Waals surface area contributed by atoms with Crippen molar-refractivity contribution < 1.29 is 4.42 Å². The van der Waals surface area contributed by atoms with E-state index in [1.807, 2.05) is 24.3 Å². The second-order valence-corrected chi connectivity index (χ2v) is 6.34. The van der Waals surface area contributed by atoms with Crippen molar-refractivity contribution in [2.24, 2.45) is 0 Å². The molecule has 0 spiro atoms. The van der Waals surface area contributed by atoms with Crippen LogP contribution in [0.2, 0.25) is 0 Å². The third-order valence-corrected chi connectivity index (χ3v) is 4.93. The Hall–Kier alpha value is -3.66. The van der Waals surface area contributed by atoms with E-state index in [1.54, 1.807) is 6.33 Å². The lowest BCUT2D eigenvalue weighted by Crippen LogP contribution is -1.98. The summed E-state index contributed by atoms with van der Waals surface area (Å²) < 4.78 is 8.32. The molecule has 6 aromatic rings. The molecule has 6 rings (SSSR count). The minimum absolute atomic E-state index is 0.709. The van der Waals surface area contributed by atoms with Crippen LogP contribution < -0.4 is 0 Å². The van der Waals surface area contributed by atoms with Crippen LogP contribution in [0.5, 0.6) is 0 Å². The van der Waals surface area contributed by atoms with Gasteiger partial charge in [-0.1, -0.05) is 48.5 Å². The molecule has 122 valence electrons. The van der Waals surface area contributed by atoms with Crippen LogP contribution in [0.25, 0.3) is 49.7 Å². The number of aromatic nitrogens is 3. The molecule has 0 unspecified atom stereocenters. The Kier molecular flexibility index (Phi) is 2.58. The van der Waals surface area contributed by atoms with Crippen LogP contribution in [-0.2, 0) is 0 Å². The van der Waals surface area contributed by atoms with Crippen LogP contribution in [0.15, 0.2) is 83.5 Å². The molecule has 0 radical (unpaired) electrons. The number of fused-ring (bicyclic) bond motifs is 6. The van der Waals surface area contributed by atoms with Gasteiger partial charge in [0.1, 0.15) is 17.4 Å². The molecule has 0 fully saturated rings. The number of furan rings is 1. The fourth-order valence-electron chi connectivity index (χ4n) is 3.82. The highest BCUT2D eigenvalue weighted by molar-refractivity contribution is 6.11. The molecule has 3 heterocycles. The van der Waals surface area contributed by atoms with Gasteiger partial charge in [-0.3, -0.25) is 4.57 Å². The summed E-state index contributed by atoms with van der Waals surface area (Å²) in [5, 5.41) is 3.41. The van der Waals surface area contributed by atoms with E-state index in [-0.39, 0.29) is 0 Å². The lowest BCUT2D eigenvalue weighted by Gasteiger charge is -2.06. The van der Waals surface area contributed by atoms with Crippen molar-refractivity contribution in [2.75, 3.05) is 0 Å². The van der Waals surface area contributed by atoms with Gasteiger partial charge in [0.2, 0.25) is 0 Å². The molecule has 0 N–H and O–H groups in total. The lowest BCUT2D eigenvalue weighted by atomic mass is 10.2. The highest BCUT2D eigenvalue weighted by atomic mass is 16.3. The van der Waals surface area contributed by atoms with Gasteiger partial charge in [0, 0.05) is 16.2 Å². The van der Waals surface area contributed by atoms with Crippen molar-refractivity contribution in [1.29, 1.82) is 0 Å².